The van der Waals surface area contributed by atoms with Crippen molar-refractivity contribution in [3.8, 4) is 11.8 Å². The number of nitrogens with zero attached hydrogens (tertiary/aromatic N) is 3. The second-order valence-electron chi connectivity index (χ2n) is 5.26. The van der Waals surface area contributed by atoms with Gasteiger partial charge >= 0.3 is 0 Å². The maximum Gasteiger partial charge on any atom is 0.136 e. The lowest BCUT2D eigenvalue weighted by atomic mass is 10.1. The normalized spacial score (nSPS) is 16.9. The molecule has 0 N–H and O–H groups in total. The summed E-state index contributed by atoms with van der Waals surface area (Å²) in [5, 5.41) is 9.12. The molecule has 0 bridgehead atoms. The Hall–Kier alpha value is -1.57. The van der Waals surface area contributed by atoms with Crippen LogP contribution in [0.25, 0.3) is 0 Å². The van der Waals surface area contributed by atoms with Crippen LogP contribution >= 0.6 is 0 Å². The predicted molar refractivity (Wildman–Crippen MR) is 79.7 cm³/mol. The number of hydrogen-bond donors (Lipinski definition) is 0. The van der Waals surface area contributed by atoms with Crippen LogP contribution in [0.5, 0.6) is 5.75 Å². The molecule has 0 atom stereocenters. The highest BCUT2D eigenvalue weighted by atomic mass is 16.5. The third-order valence-corrected chi connectivity index (χ3v) is 3.80. The van der Waals surface area contributed by atoms with Crippen molar-refractivity contribution >= 4 is 0 Å². The van der Waals surface area contributed by atoms with Gasteiger partial charge in [0, 0.05) is 32.7 Å². The average molecular weight is 273 g/mol. The summed E-state index contributed by atoms with van der Waals surface area (Å²) in [6.45, 7) is 8.85. The highest BCUT2D eigenvalue weighted by molar-refractivity contribution is 5.45. The maximum absolute atomic E-state index is 9.12. The zero-order valence-corrected chi connectivity index (χ0v) is 12.4. The summed E-state index contributed by atoms with van der Waals surface area (Å²) < 4.78 is 5.18. The first-order chi connectivity index (χ1) is 9.76. The van der Waals surface area contributed by atoms with Crippen LogP contribution in [-0.2, 0) is 6.54 Å². The van der Waals surface area contributed by atoms with E-state index >= 15 is 0 Å². The Morgan fingerprint density at radius 3 is 2.50 bits per heavy atom. The van der Waals surface area contributed by atoms with Gasteiger partial charge in [0.05, 0.1) is 12.7 Å². The zero-order valence-electron chi connectivity index (χ0n) is 12.4. The minimum absolute atomic E-state index is 0.620. The first-order valence-corrected chi connectivity index (χ1v) is 7.28. The summed E-state index contributed by atoms with van der Waals surface area (Å²) in [5.74, 6) is 0.656. The van der Waals surface area contributed by atoms with Gasteiger partial charge in [-0.2, -0.15) is 5.26 Å². The van der Waals surface area contributed by atoms with Crippen molar-refractivity contribution in [3.63, 3.8) is 0 Å². The van der Waals surface area contributed by atoms with E-state index in [1.54, 1.807) is 7.11 Å². The fraction of sp³-hybridized carbons (Fsp3) is 0.562. The van der Waals surface area contributed by atoms with Crippen LogP contribution in [0.1, 0.15) is 24.5 Å². The maximum atomic E-state index is 9.12. The topological polar surface area (TPSA) is 39.5 Å². The molecular weight excluding hydrogens is 250 g/mol. The molecule has 4 heteroatoms. The lowest BCUT2D eigenvalue weighted by Gasteiger charge is -2.34. The van der Waals surface area contributed by atoms with Crippen LogP contribution in [0.3, 0.4) is 0 Å². The van der Waals surface area contributed by atoms with Gasteiger partial charge in [0.25, 0.3) is 0 Å². The van der Waals surface area contributed by atoms with E-state index in [4.69, 9.17) is 10.00 Å². The lowest BCUT2D eigenvalue weighted by molar-refractivity contribution is 0.127. The van der Waals surface area contributed by atoms with Gasteiger partial charge in [0.15, 0.2) is 0 Å². The molecule has 1 aliphatic heterocycles. The van der Waals surface area contributed by atoms with Crippen molar-refractivity contribution in [3.05, 3.63) is 29.3 Å². The number of ether oxygens (including phenoxy) is 1. The third-order valence-electron chi connectivity index (χ3n) is 3.80. The minimum atomic E-state index is 0.620. The molecule has 0 radical (unpaired) electrons. The Morgan fingerprint density at radius 1 is 1.20 bits per heavy atom. The van der Waals surface area contributed by atoms with Crippen molar-refractivity contribution in [1.82, 2.24) is 9.80 Å². The molecule has 0 saturated carbocycles. The summed E-state index contributed by atoms with van der Waals surface area (Å²) in [6.07, 6.45) is 1.23. The lowest BCUT2D eigenvalue weighted by Crippen LogP contribution is -2.45. The van der Waals surface area contributed by atoms with E-state index in [2.05, 4.69) is 28.9 Å². The van der Waals surface area contributed by atoms with E-state index in [1.807, 2.05) is 12.1 Å². The van der Waals surface area contributed by atoms with Crippen LogP contribution in [0, 0.1) is 11.3 Å². The number of rotatable bonds is 5. The molecule has 1 aliphatic rings. The first-order valence-electron chi connectivity index (χ1n) is 7.28. The standard InChI is InChI=1S/C16H23N3O/c1-3-6-18-7-9-19(10-8-18)13-14-4-5-16(20-2)15(11-14)12-17/h4-5,11H,3,6-10,13H2,1-2H3. The largest absolute Gasteiger partial charge is 0.495 e. The first kappa shape index (κ1) is 14.8. The van der Waals surface area contributed by atoms with E-state index in [9.17, 15) is 0 Å². The van der Waals surface area contributed by atoms with Crippen molar-refractivity contribution in [2.24, 2.45) is 0 Å². The summed E-state index contributed by atoms with van der Waals surface area (Å²) in [7, 11) is 1.60. The second kappa shape index (κ2) is 7.28. The number of nitriles is 1. The molecule has 0 aliphatic carbocycles. The quantitative estimate of drug-likeness (QED) is 0.823. The van der Waals surface area contributed by atoms with Crippen LogP contribution < -0.4 is 4.74 Å². The van der Waals surface area contributed by atoms with Crippen molar-refractivity contribution in [1.29, 1.82) is 5.26 Å². The SMILES string of the molecule is CCCN1CCN(Cc2ccc(OC)c(C#N)c2)CC1. The van der Waals surface area contributed by atoms with Gasteiger partial charge in [-0.25, -0.2) is 0 Å². The zero-order chi connectivity index (χ0) is 14.4. The van der Waals surface area contributed by atoms with Crippen LogP contribution in [0.4, 0.5) is 0 Å². The summed E-state index contributed by atoms with van der Waals surface area (Å²) in [4.78, 5) is 4.97. The number of hydrogen-bond acceptors (Lipinski definition) is 4. The van der Waals surface area contributed by atoms with Gasteiger partial charge < -0.3 is 9.64 Å². The predicted octanol–water partition coefficient (Wildman–Crippen LogP) is 2.09. The van der Waals surface area contributed by atoms with E-state index in [1.165, 1.54) is 18.5 Å². The van der Waals surface area contributed by atoms with Gasteiger partial charge in [-0.15, -0.1) is 0 Å². The Bertz CT molecular complexity index is 473. The summed E-state index contributed by atoms with van der Waals surface area (Å²) in [6, 6.07) is 8.08. The highest BCUT2D eigenvalue weighted by Crippen LogP contribution is 2.20. The Kier molecular flexibility index (Phi) is 5.40. The smallest absolute Gasteiger partial charge is 0.136 e. The molecule has 0 amide bonds. The monoisotopic (exact) mass is 273 g/mol. The molecule has 4 nitrogen and oxygen atoms in total. The molecule has 1 fully saturated rings. The molecule has 2 rings (SSSR count). The Morgan fingerprint density at radius 2 is 1.90 bits per heavy atom. The highest BCUT2D eigenvalue weighted by Gasteiger charge is 2.16. The molecule has 0 spiro atoms. The van der Waals surface area contributed by atoms with Gasteiger partial charge in [-0.1, -0.05) is 13.0 Å². The number of methoxy groups -OCH3 is 1. The number of benzene rings is 1. The molecule has 0 unspecified atom stereocenters. The van der Waals surface area contributed by atoms with E-state index in [-0.39, 0.29) is 0 Å². The average Bonchev–Trinajstić information content (AvgIpc) is 2.49. The molecule has 0 aromatic heterocycles. The van der Waals surface area contributed by atoms with Gasteiger partial charge in [0.1, 0.15) is 11.8 Å². The second-order valence-corrected chi connectivity index (χ2v) is 5.26. The molecular formula is C16H23N3O. The van der Waals surface area contributed by atoms with Crippen LogP contribution in [0.15, 0.2) is 18.2 Å². The van der Waals surface area contributed by atoms with Crippen LogP contribution in [-0.4, -0.2) is 49.6 Å². The molecule has 20 heavy (non-hydrogen) atoms. The van der Waals surface area contributed by atoms with Crippen molar-refractivity contribution in [2.45, 2.75) is 19.9 Å². The summed E-state index contributed by atoms with van der Waals surface area (Å²) in [5.41, 5.74) is 1.81. The summed E-state index contributed by atoms with van der Waals surface area (Å²) >= 11 is 0. The molecule has 1 heterocycles. The molecule has 108 valence electrons. The van der Waals surface area contributed by atoms with Crippen LogP contribution in [0.2, 0.25) is 0 Å². The van der Waals surface area contributed by atoms with Crippen molar-refractivity contribution < 1.29 is 4.74 Å². The van der Waals surface area contributed by atoms with E-state index < -0.39 is 0 Å². The minimum Gasteiger partial charge on any atom is -0.495 e. The van der Waals surface area contributed by atoms with Crippen molar-refractivity contribution in [2.75, 3.05) is 39.8 Å². The Labute approximate surface area is 121 Å². The van der Waals surface area contributed by atoms with Gasteiger partial charge in [-0.3, -0.25) is 4.90 Å². The fourth-order valence-electron chi connectivity index (χ4n) is 2.69. The van der Waals surface area contributed by atoms with Gasteiger partial charge in [-0.05, 0) is 30.7 Å². The van der Waals surface area contributed by atoms with Gasteiger partial charge in [0.2, 0.25) is 0 Å². The Balaban J connectivity index is 1.93. The molecule has 1 aromatic rings. The molecule has 1 saturated heterocycles. The van der Waals surface area contributed by atoms with E-state index in [0.717, 1.165) is 32.7 Å². The number of piperazine rings is 1. The van der Waals surface area contributed by atoms with E-state index in [0.29, 0.717) is 11.3 Å². The molecule has 1 aromatic carbocycles. The third kappa shape index (κ3) is 3.72. The fourth-order valence-corrected chi connectivity index (χ4v) is 2.69.